The van der Waals surface area contributed by atoms with Crippen molar-refractivity contribution in [3.63, 3.8) is 0 Å². The quantitative estimate of drug-likeness (QED) is 0.258. The van der Waals surface area contributed by atoms with Crippen LogP contribution in [0.4, 0.5) is 13.2 Å². The average Bonchev–Trinajstić information content (AvgIpc) is 2.83. The summed E-state index contributed by atoms with van der Waals surface area (Å²) >= 11 is 5.81. The molecule has 2 N–H and O–H groups in total. The number of carboxylic acids is 1. The number of aromatic nitrogens is 1. The number of carbonyl (C=O) groups is 2. The van der Waals surface area contributed by atoms with Gasteiger partial charge in [-0.1, -0.05) is 29.8 Å². The molecule has 0 amide bonds. The molecule has 1 aromatic heterocycles. The maximum Gasteiger partial charge on any atom is 0.335 e. The van der Waals surface area contributed by atoms with E-state index in [0.717, 1.165) is 18.3 Å². The van der Waals surface area contributed by atoms with Gasteiger partial charge in [-0.3, -0.25) is 4.79 Å². The number of hydrogen-bond acceptors (Lipinski definition) is 4. The van der Waals surface area contributed by atoms with Crippen LogP contribution in [0.3, 0.4) is 0 Å². The summed E-state index contributed by atoms with van der Waals surface area (Å²) in [5.41, 5.74) is -1.37. The fourth-order valence-corrected chi connectivity index (χ4v) is 5.30. The highest BCUT2D eigenvalue weighted by atomic mass is 35.5. The Morgan fingerprint density at radius 3 is 2.34 bits per heavy atom. The van der Waals surface area contributed by atoms with E-state index in [0.29, 0.717) is 23.1 Å². The molecule has 1 unspecified atom stereocenters. The highest BCUT2D eigenvalue weighted by Crippen LogP contribution is 2.43. The number of nitrogens with zero attached hydrogens (tertiary/aromatic N) is 1. The minimum Gasteiger partial charge on any atom is -0.618 e. The molecular weight excluding hydrogens is 523 g/mol. The predicted octanol–water partition coefficient (Wildman–Crippen LogP) is 5.86. The van der Waals surface area contributed by atoms with Crippen LogP contribution in [0, 0.1) is 16.9 Å². The molecule has 0 radical (unpaired) electrons. The van der Waals surface area contributed by atoms with Gasteiger partial charge < -0.3 is 15.4 Å². The second kappa shape index (κ2) is 10.7. The number of carboxylic acid groups (broad SMARTS) is 1. The van der Waals surface area contributed by atoms with Crippen LogP contribution in [-0.4, -0.2) is 27.6 Å². The Morgan fingerprint density at radius 1 is 1.13 bits per heavy atom. The number of aliphatic hydroxyl groups is 1. The zero-order valence-corrected chi connectivity index (χ0v) is 21.1. The predicted molar refractivity (Wildman–Crippen MR) is 134 cm³/mol. The second-order valence-corrected chi connectivity index (χ2v) is 10.4. The lowest BCUT2D eigenvalue weighted by Crippen LogP contribution is -2.43. The molecule has 0 spiro atoms. The van der Waals surface area contributed by atoms with Gasteiger partial charge in [0.25, 0.3) is 6.43 Å². The number of Topliss-reactive ketones (excluding diaryl/α,β-unsaturated/α-hetero) is 1. The fourth-order valence-electron chi connectivity index (χ4n) is 5.14. The molecule has 0 saturated heterocycles. The number of pyridine rings is 1. The van der Waals surface area contributed by atoms with E-state index in [1.165, 1.54) is 36.4 Å². The van der Waals surface area contributed by atoms with Crippen molar-refractivity contribution in [3.8, 4) is 11.1 Å². The highest BCUT2D eigenvalue weighted by Gasteiger charge is 2.42. The number of alkyl halides is 2. The summed E-state index contributed by atoms with van der Waals surface area (Å²) in [7, 11) is 0. The van der Waals surface area contributed by atoms with Crippen LogP contribution in [0.1, 0.15) is 65.7 Å². The number of benzene rings is 2. The van der Waals surface area contributed by atoms with Gasteiger partial charge in [0.05, 0.1) is 21.8 Å². The van der Waals surface area contributed by atoms with Crippen LogP contribution in [0.2, 0.25) is 5.02 Å². The van der Waals surface area contributed by atoms with Gasteiger partial charge in [0.1, 0.15) is 11.7 Å². The average molecular weight is 548 g/mol. The van der Waals surface area contributed by atoms with Gasteiger partial charge in [0.15, 0.2) is 12.0 Å². The van der Waals surface area contributed by atoms with Gasteiger partial charge in [-0.15, -0.1) is 0 Å². The van der Waals surface area contributed by atoms with Gasteiger partial charge >= 0.3 is 5.97 Å². The zero-order valence-electron chi connectivity index (χ0n) is 20.3. The molecule has 1 heterocycles. The van der Waals surface area contributed by atoms with Gasteiger partial charge in [0, 0.05) is 23.6 Å². The number of carbonyl (C=O) groups excluding carboxylic acids is 1. The molecule has 10 heteroatoms. The van der Waals surface area contributed by atoms with Crippen LogP contribution in [0.15, 0.2) is 54.7 Å². The van der Waals surface area contributed by atoms with Crippen LogP contribution >= 0.6 is 11.6 Å². The molecule has 1 aliphatic rings. The second-order valence-electron chi connectivity index (χ2n) is 10.00. The van der Waals surface area contributed by atoms with Crippen LogP contribution < -0.4 is 4.73 Å². The molecule has 38 heavy (non-hydrogen) atoms. The third-order valence-electron chi connectivity index (χ3n) is 6.95. The number of ketones is 1. The molecule has 0 aliphatic heterocycles. The van der Waals surface area contributed by atoms with Crippen molar-refractivity contribution in [2.24, 2.45) is 5.92 Å². The lowest BCUT2D eigenvalue weighted by Gasteiger charge is -2.42. The van der Waals surface area contributed by atoms with Gasteiger partial charge in [0.2, 0.25) is 5.69 Å². The first-order valence-corrected chi connectivity index (χ1v) is 12.3. The highest BCUT2D eigenvalue weighted by molar-refractivity contribution is 6.31. The van der Waals surface area contributed by atoms with Crippen LogP contribution in [0.5, 0.6) is 0 Å². The summed E-state index contributed by atoms with van der Waals surface area (Å²) in [6, 6.07) is 10.5. The number of rotatable bonds is 9. The van der Waals surface area contributed by atoms with Gasteiger partial charge in [-0.25, -0.2) is 18.0 Å². The van der Waals surface area contributed by atoms with E-state index in [4.69, 9.17) is 16.7 Å². The smallest absolute Gasteiger partial charge is 0.335 e. The Kier molecular flexibility index (Phi) is 7.80. The summed E-state index contributed by atoms with van der Waals surface area (Å²) < 4.78 is 42.3. The first-order valence-electron chi connectivity index (χ1n) is 11.9. The Balaban J connectivity index is 1.67. The maximum atomic E-state index is 14.8. The molecule has 1 aliphatic carbocycles. The summed E-state index contributed by atoms with van der Waals surface area (Å²) in [5.74, 6) is -3.40. The third-order valence-corrected chi connectivity index (χ3v) is 7.24. The summed E-state index contributed by atoms with van der Waals surface area (Å²) in [6.45, 7) is 1.69. The number of halogens is 4. The minimum absolute atomic E-state index is 0.0242. The number of aromatic carboxylic acids is 1. The van der Waals surface area contributed by atoms with Crippen LogP contribution in [0.25, 0.3) is 11.1 Å². The molecule has 2 aromatic carbocycles. The molecule has 1 atom stereocenters. The number of hydrogen-bond donors (Lipinski definition) is 2. The normalized spacial score (nSPS) is 19.7. The zero-order chi connectivity index (χ0) is 27.8. The van der Waals surface area contributed by atoms with E-state index in [9.17, 15) is 33.1 Å². The summed E-state index contributed by atoms with van der Waals surface area (Å²) in [6.07, 6.45) is -0.955. The molecule has 6 nitrogen and oxygen atoms in total. The standard InChI is InChI=1S/C28H25ClF3NO5/c1-28(37)12-16(13-28)10-20(23(34)11-15-2-4-17(5-3-15)27(35)36)22-9-6-18(14-33(22)38)24-19(26(31)32)7-8-21(29)25(24)30/h2-9,14,16,20,26,37H,10-13H2,1H3,(H,35,36). The largest absolute Gasteiger partial charge is 0.618 e. The third kappa shape index (κ3) is 5.84. The van der Waals surface area contributed by atoms with E-state index < -0.39 is 40.9 Å². The van der Waals surface area contributed by atoms with Crippen molar-refractivity contribution in [2.75, 3.05) is 0 Å². The maximum absolute atomic E-state index is 14.8. The lowest BCUT2D eigenvalue weighted by atomic mass is 9.67. The van der Waals surface area contributed by atoms with Crippen molar-refractivity contribution in [1.29, 1.82) is 0 Å². The molecule has 3 aromatic rings. The SMILES string of the molecule is CC1(O)CC(CC(C(=O)Cc2ccc(C(=O)O)cc2)c2ccc(-c3c(C(F)F)ccc(Cl)c3F)c[n+]2[O-])C1. The molecule has 0 bridgehead atoms. The van der Waals surface area contributed by atoms with E-state index in [-0.39, 0.29) is 46.4 Å². The topological polar surface area (TPSA) is 102 Å². The van der Waals surface area contributed by atoms with Crippen molar-refractivity contribution in [3.05, 3.63) is 93.2 Å². The molecule has 1 saturated carbocycles. The van der Waals surface area contributed by atoms with E-state index in [1.807, 2.05) is 0 Å². The van der Waals surface area contributed by atoms with Crippen molar-refractivity contribution < 1.29 is 37.7 Å². The Hall–Kier alpha value is -3.43. The summed E-state index contributed by atoms with van der Waals surface area (Å²) in [5, 5.41) is 32.0. The van der Waals surface area contributed by atoms with Crippen molar-refractivity contribution in [1.82, 2.24) is 0 Å². The minimum atomic E-state index is -3.01. The van der Waals surface area contributed by atoms with Crippen molar-refractivity contribution >= 4 is 23.4 Å². The lowest BCUT2D eigenvalue weighted by molar-refractivity contribution is -0.614. The Labute approximate surface area is 221 Å². The monoisotopic (exact) mass is 547 g/mol. The van der Waals surface area contributed by atoms with Crippen LogP contribution in [-0.2, 0) is 11.2 Å². The first-order chi connectivity index (χ1) is 17.9. The van der Waals surface area contributed by atoms with E-state index in [1.54, 1.807) is 6.92 Å². The van der Waals surface area contributed by atoms with E-state index in [2.05, 4.69) is 0 Å². The van der Waals surface area contributed by atoms with Gasteiger partial charge in [-0.2, -0.15) is 4.73 Å². The molecule has 1 fully saturated rings. The Bertz CT molecular complexity index is 1370. The fraction of sp³-hybridized carbons (Fsp3) is 0.321. The Morgan fingerprint density at radius 2 is 1.79 bits per heavy atom. The van der Waals surface area contributed by atoms with Gasteiger partial charge in [-0.05, 0) is 61.9 Å². The molecule has 4 rings (SSSR count). The van der Waals surface area contributed by atoms with E-state index >= 15 is 0 Å². The first kappa shape index (κ1) is 27.6. The summed E-state index contributed by atoms with van der Waals surface area (Å²) in [4.78, 5) is 24.5. The molecule has 200 valence electrons. The molecular formula is C28H25ClF3NO5. The van der Waals surface area contributed by atoms with Crippen molar-refractivity contribution in [2.45, 2.75) is 50.6 Å².